The summed E-state index contributed by atoms with van der Waals surface area (Å²) in [6.45, 7) is 3.74. The average Bonchev–Trinajstić information content (AvgIpc) is 2.55. The number of pyridine rings is 1. The van der Waals surface area contributed by atoms with Crippen LogP contribution in [0.4, 0.5) is 0 Å². The zero-order valence-electron chi connectivity index (χ0n) is 13.0. The van der Waals surface area contributed by atoms with Crippen molar-refractivity contribution in [2.45, 2.75) is 13.8 Å². The predicted molar refractivity (Wildman–Crippen MR) is 84.5 cm³/mol. The van der Waals surface area contributed by atoms with Crippen molar-refractivity contribution >= 4 is 11.9 Å². The van der Waals surface area contributed by atoms with Gasteiger partial charge >= 0.3 is 5.97 Å². The minimum atomic E-state index is -0.495. The maximum Gasteiger partial charge on any atom is 0.325 e. The van der Waals surface area contributed by atoms with Crippen molar-refractivity contribution in [3.05, 3.63) is 53.7 Å². The molecule has 0 atom stereocenters. The number of hydrogen-bond acceptors (Lipinski definition) is 5. The maximum atomic E-state index is 12.2. The fourth-order valence-corrected chi connectivity index (χ4v) is 1.82. The van der Waals surface area contributed by atoms with E-state index in [1.807, 2.05) is 19.1 Å². The SMILES string of the molecule is CCOC(=O)CNC(=O)c1cccnc1Oc1ccc(C)cc1. The second-order valence-corrected chi connectivity index (χ2v) is 4.76. The summed E-state index contributed by atoms with van der Waals surface area (Å²) >= 11 is 0. The van der Waals surface area contributed by atoms with Gasteiger partial charge in [0.05, 0.1) is 6.61 Å². The van der Waals surface area contributed by atoms with E-state index in [1.54, 1.807) is 31.2 Å². The molecule has 1 aromatic carbocycles. The molecule has 0 unspecified atom stereocenters. The molecule has 1 heterocycles. The molecule has 2 rings (SSSR count). The lowest BCUT2D eigenvalue weighted by Crippen LogP contribution is -2.30. The summed E-state index contributed by atoms with van der Waals surface area (Å²) in [5.41, 5.74) is 1.35. The van der Waals surface area contributed by atoms with Gasteiger partial charge < -0.3 is 14.8 Å². The van der Waals surface area contributed by atoms with Crippen molar-refractivity contribution in [1.29, 1.82) is 0 Å². The molecular formula is C17H18N2O4. The molecule has 0 radical (unpaired) electrons. The maximum absolute atomic E-state index is 12.2. The number of carbonyl (C=O) groups excluding carboxylic acids is 2. The Hall–Kier alpha value is -2.89. The first kappa shape index (κ1) is 16.5. The van der Waals surface area contributed by atoms with Gasteiger partial charge in [-0.1, -0.05) is 17.7 Å². The Morgan fingerprint density at radius 2 is 1.91 bits per heavy atom. The Morgan fingerprint density at radius 1 is 1.17 bits per heavy atom. The summed E-state index contributed by atoms with van der Waals surface area (Å²) in [4.78, 5) is 27.6. The number of ether oxygens (including phenoxy) is 2. The summed E-state index contributed by atoms with van der Waals surface area (Å²) in [5, 5.41) is 2.49. The zero-order valence-corrected chi connectivity index (χ0v) is 13.0. The van der Waals surface area contributed by atoms with Crippen molar-refractivity contribution < 1.29 is 19.1 Å². The minimum Gasteiger partial charge on any atom is -0.465 e. The van der Waals surface area contributed by atoms with Crippen molar-refractivity contribution in [2.75, 3.05) is 13.2 Å². The van der Waals surface area contributed by atoms with Crippen LogP contribution in [0.5, 0.6) is 11.6 Å². The van der Waals surface area contributed by atoms with Crippen LogP contribution in [0, 0.1) is 6.92 Å². The first-order valence-electron chi connectivity index (χ1n) is 7.23. The number of carbonyl (C=O) groups is 2. The van der Waals surface area contributed by atoms with Crippen LogP contribution in [-0.4, -0.2) is 30.0 Å². The third kappa shape index (κ3) is 4.81. The molecule has 23 heavy (non-hydrogen) atoms. The Bertz CT molecular complexity index is 683. The van der Waals surface area contributed by atoms with Crippen LogP contribution in [-0.2, 0) is 9.53 Å². The minimum absolute atomic E-state index is 0.178. The molecule has 2 aromatic rings. The van der Waals surface area contributed by atoms with E-state index in [4.69, 9.17) is 9.47 Å². The molecule has 0 bridgehead atoms. The van der Waals surface area contributed by atoms with E-state index in [0.717, 1.165) is 5.56 Å². The molecule has 0 aliphatic carbocycles. The molecule has 0 saturated carbocycles. The van der Waals surface area contributed by atoms with Crippen LogP contribution in [0.1, 0.15) is 22.8 Å². The lowest BCUT2D eigenvalue weighted by atomic mass is 10.2. The summed E-state index contributed by atoms with van der Waals surface area (Å²) in [6.07, 6.45) is 1.53. The Morgan fingerprint density at radius 3 is 2.61 bits per heavy atom. The molecule has 1 aromatic heterocycles. The second-order valence-electron chi connectivity index (χ2n) is 4.76. The van der Waals surface area contributed by atoms with Gasteiger partial charge in [-0.2, -0.15) is 0 Å². The van der Waals surface area contributed by atoms with Crippen molar-refractivity contribution in [2.24, 2.45) is 0 Å². The molecule has 0 spiro atoms. The monoisotopic (exact) mass is 314 g/mol. The van der Waals surface area contributed by atoms with Crippen molar-refractivity contribution in [3.63, 3.8) is 0 Å². The highest BCUT2D eigenvalue weighted by Crippen LogP contribution is 2.23. The first-order valence-corrected chi connectivity index (χ1v) is 7.23. The molecule has 1 N–H and O–H groups in total. The smallest absolute Gasteiger partial charge is 0.325 e. The quantitative estimate of drug-likeness (QED) is 0.829. The Labute approximate surface area is 134 Å². The zero-order chi connectivity index (χ0) is 16.7. The van der Waals surface area contributed by atoms with E-state index in [0.29, 0.717) is 5.75 Å². The van der Waals surface area contributed by atoms with Crippen LogP contribution in [0.2, 0.25) is 0 Å². The molecule has 120 valence electrons. The summed E-state index contributed by atoms with van der Waals surface area (Å²) in [5.74, 6) is -0.189. The van der Waals surface area contributed by atoms with E-state index in [9.17, 15) is 9.59 Å². The highest BCUT2D eigenvalue weighted by Gasteiger charge is 2.15. The van der Waals surface area contributed by atoms with Crippen molar-refractivity contribution in [3.8, 4) is 11.6 Å². The molecule has 0 aliphatic rings. The third-order valence-corrected chi connectivity index (χ3v) is 2.95. The van der Waals surface area contributed by atoms with E-state index < -0.39 is 11.9 Å². The highest BCUT2D eigenvalue weighted by atomic mass is 16.5. The van der Waals surface area contributed by atoms with Gasteiger partial charge in [-0.3, -0.25) is 9.59 Å². The average molecular weight is 314 g/mol. The number of esters is 1. The number of rotatable bonds is 6. The Kier molecular flexibility index (Phi) is 5.68. The largest absolute Gasteiger partial charge is 0.465 e. The predicted octanol–water partition coefficient (Wildman–Crippen LogP) is 2.48. The van der Waals surface area contributed by atoms with Crippen molar-refractivity contribution in [1.82, 2.24) is 10.3 Å². The first-order chi connectivity index (χ1) is 11.1. The molecular weight excluding hydrogens is 296 g/mol. The number of benzene rings is 1. The number of nitrogens with zero attached hydrogens (tertiary/aromatic N) is 1. The highest BCUT2D eigenvalue weighted by molar-refractivity contribution is 5.97. The summed E-state index contributed by atoms with van der Waals surface area (Å²) in [7, 11) is 0. The van der Waals surface area contributed by atoms with Gasteiger partial charge in [0.1, 0.15) is 17.9 Å². The number of aryl methyl sites for hydroxylation is 1. The normalized spacial score (nSPS) is 10.0. The summed E-state index contributed by atoms with van der Waals surface area (Å²) in [6, 6.07) is 10.6. The number of amides is 1. The van der Waals surface area contributed by atoms with Gasteiger partial charge in [0, 0.05) is 6.20 Å². The van der Waals surface area contributed by atoms with E-state index in [1.165, 1.54) is 6.20 Å². The van der Waals surface area contributed by atoms with Crippen LogP contribution in [0.3, 0.4) is 0 Å². The lowest BCUT2D eigenvalue weighted by molar-refractivity contribution is -0.141. The van der Waals surface area contributed by atoms with Crippen LogP contribution < -0.4 is 10.1 Å². The molecule has 1 amide bonds. The van der Waals surface area contributed by atoms with E-state index >= 15 is 0 Å². The number of nitrogens with one attached hydrogen (secondary N) is 1. The second kappa shape index (κ2) is 7.93. The van der Waals surface area contributed by atoms with Crippen LogP contribution >= 0.6 is 0 Å². The van der Waals surface area contributed by atoms with E-state index in [-0.39, 0.29) is 24.6 Å². The van der Waals surface area contributed by atoms with Gasteiger partial charge in [-0.15, -0.1) is 0 Å². The van der Waals surface area contributed by atoms with Gasteiger partial charge in [0.25, 0.3) is 5.91 Å². The topological polar surface area (TPSA) is 77.5 Å². The lowest BCUT2D eigenvalue weighted by Gasteiger charge is -2.10. The fourth-order valence-electron chi connectivity index (χ4n) is 1.82. The third-order valence-electron chi connectivity index (χ3n) is 2.95. The molecule has 6 nitrogen and oxygen atoms in total. The standard InChI is InChI=1S/C17H18N2O4/c1-3-22-15(20)11-19-16(21)14-5-4-10-18-17(14)23-13-8-6-12(2)7-9-13/h4-10H,3,11H2,1-2H3,(H,19,21). The fraction of sp³-hybridized carbons (Fsp3) is 0.235. The van der Waals surface area contributed by atoms with Crippen LogP contribution in [0.15, 0.2) is 42.6 Å². The summed E-state index contributed by atoms with van der Waals surface area (Å²) < 4.78 is 10.4. The van der Waals surface area contributed by atoms with Gasteiger partial charge in [-0.05, 0) is 38.1 Å². The molecule has 0 saturated heterocycles. The molecule has 0 aliphatic heterocycles. The van der Waals surface area contributed by atoms with Gasteiger partial charge in [-0.25, -0.2) is 4.98 Å². The number of aromatic nitrogens is 1. The van der Waals surface area contributed by atoms with Gasteiger partial charge in [0.2, 0.25) is 5.88 Å². The van der Waals surface area contributed by atoms with Gasteiger partial charge in [0.15, 0.2) is 0 Å². The molecule has 0 fully saturated rings. The van der Waals surface area contributed by atoms with E-state index in [2.05, 4.69) is 10.3 Å². The molecule has 6 heteroatoms. The van der Waals surface area contributed by atoms with Crippen LogP contribution in [0.25, 0.3) is 0 Å². The Balaban J connectivity index is 2.09. The number of hydrogen-bond donors (Lipinski definition) is 1.